The van der Waals surface area contributed by atoms with Crippen molar-refractivity contribution in [2.45, 2.75) is 45.3 Å². The molecule has 3 atom stereocenters. The topological polar surface area (TPSA) is 76.8 Å². The van der Waals surface area contributed by atoms with E-state index in [9.17, 15) is 0 Å². The van der Waals surface area contributed by atoms with Crippen LogP contribution in [0, 0.1) is 18.8 Å². The maximum absolute atomic E-state index is 5.77. The molecule has 3 aliphatic heterocycles. The fourth-order valence-corrected chi connectivity index (χ4v) is 4.30. The fraction of sp³-hybridized carbons (Fsp3) is 0.842. The van der Waals surface area contributed by atoms with Crippen LogP contribution in [0.15, 0.2) is 4.99 Å². The summed E-state index contributed by atoms with van der Waals surface area (Å²) in [5.41, 5.74) is 0. The van der Waals surface area contributed by atoms with Gasteiger partial charge in [0, 0.05) is 46.5 Å². The average Bonchev–Trinajstić information content (AvgIpc) is 3.45. The molecular formula is C19H32N6O2. The highest BCUT2D eigenvalue weighted by atomic mass is 16.5. The minimum atomic E-state index is 0.300. The molecule has 4 heterocycles. The van der Waals surface area contributed by atoms with Gasteiger partial charge < -0.3 is 24.3 Å². The van der Waals surface area contributed by atoms with Gasteiger partial charge in [0.15, 0.2) is 11.8 Å². The van der Waals surface area contributed by atoms with Crippen LogP contribution in [0.5, 0.6) is 0 Å². The first-order valence-corrected chi connectivity index (χ1v) is 10.3. The molecule has 3 aliphatic rings. The van der Waals surface area contributed by atoms with Gasteiger partial charge in [-0.3, -0.25) is 0 Å². The first-order valence-electron chi connectivity index (χ1n) is 10.3. The Kier molecular flexibility index (Phi) is 5.92. The van der Waals surface area contributed by atoms with Crippen molar-refractivity contribution in [3.63, 3.8) is 0 Å². The second-order valence-corrected chi connectivity index (χ2v) is 8.00. The first kappa shape index (κ1) is 18.7. The van der Waals surface area contributed by atoms with Gasteiger partial charge in [0.05, 0.1) is 6.10 Å². The second-order valence-electron chi connectivity index (χ2n) is 8.00. The zero-order valence-electron chi connectivity index (χ0n) is 16.6. The molecule has 8 nitrogen and oxygen atoms in total. The molecular weight excluding hydrogens is 344 g/mol. The quantitative estimate of drug-likeness (QED) is 0.613. The second kappa shape index (κ2) is 8.56. The lowest BCUT2D eigenvalue weighted by Crippen LogP contribution is -2.43. The predicted octanol–water partition coefficient (Wildman–Crippen LogP) is 1.11. The van der Waals surface area contributed by atoms with Crippen LogP contribution in [0.3, 0.4) is 0 Å². The number of rotatable bonds is 5. The molecule has 0 amide bonds. The lowest BCUT2D eigenvalue weighted by Gasteiger charge is -2.24. The molecule has 8 heteroatoms. The first-order chi connectivity index (χ1) is 13.2. The summed E-state index contributed by atoms with van der Waals surface area (Å²) in [4.78, 5) is 7.30. The molecule has 0 aromatic carbocycles. The molecule has 0 spiro atoms. The van der Waals surface area contributed by atoms with Crippen LogP contribution in [0.25, 0.3) is 0 Å². The van der Waals surface area contributed by atoms with Gasteiger partial charge in [-0.05, 0) is 44.4 Å². The van der Waals surface area contributed by atoms with Gasteiger partial charge in [0.25, 0.3) is 0 Å². The molecule has 0 saturated carbocycles. The Morgan fingerprint density at radius 3 is 2.85 bits per heavy atom. The summed E-state index contributed by atoms with van der Waals surface area (Å²) in [5, 5.41) is 12.0. The number of nitrogens with zero attached hydrogens (tertiary/aromatic N) is 5. The van der Waals surface area contributed by atoms with E-state index >= 15 is 0 Å². The number of guanidine groups is 1. The molecule has 27 heavy (non-hydrogen) atoms. The zero-order valence-corrected chi connectivity index (χ0v) is 16.6. The Balaban J connectivity index is 1.41. The van der Waals surface area contributed by atoms with Crippen LogP contribution >= 0.6 is 0 Å². The van der Waals surface area contributed by atoms with E-state index in [0.717, 1.165) is 69.9 Å². The Labute approximate surface area is 161 Å². The van der Waals surface area contributed by atoms with Crippen LogP contribution in [-0.4, -0.2) is 71.2 Å². The Hall–Kier alpha value is -1.67. The van der Waals surface area contributed by atoms with E-state index < -0.39 is 0 Å². The number of aromatic nitrogens is 3. The molecule has 3 saturated heterocycles. The number of hydrogen-bond acceptors (Lipinski definition) is 5. The summed E-state index contributed by atoms with van der Waals surface area (Å²) in [6.07, 6.45) is 5.01. The van der Waals surface area contributed by atoms with Gasteiger partial charge in [-0.15, -0.1) is 10.2 Å². The normalized spacial score (nSPS) is 29.0. The van der Waals surface area contributed by atoms with Crippen molar-refractivity contribution >= 4 is 5.96 Å². The Bertz CT molecular complexity index is 649. The minimum Gasteiger partial charge on any atom is -0.381 e. The smallest absolute Gasteiger partial charge is 0.194 e. The van der Waals surface area contributed by atoms with Crippen LogP contribution in [0.1, 0.15) is 37.3 Å². The van der Waals surface area contributed by atoms with Crippen LogP contribution in [-0.2, 0) is 23.1 Å². The summed E-state index contributed by atoms with van der Waals surface area (Å²) in [6.45, 7) is 8.16. The molecule has 3 fully saturated rings. The van der Waals surface area contributed by atoms with E-state index in [-0.39, 0.29) is 0 Å². The number of nitrogens with one attached hydrogen (secondary N) is 1. The van der Waals surface area contributed by atoms with Gasteiger partial charge in [-0.2, -0.15) is 0 Å². The monoisotopic (exact) mass is 376 g/mol. The SMILES string of the molecule is Cc1nnc(CN=C(NCC2CCCO2)N2CCC(C3CCOC3)C2)n1C. The third kappa shape index (κ3) is 4.43. The van der Waals surface area contributed by atoms with Gasteiger partial charge in [0.2, 0.25) is 0 Å². The van der Waals surface area contributed by atoms with E-state index in [0.29, 0.717) is 24.5 Å². The number of hydrogen-bond donors (Lipinski definition) is 1. The number of likely N-dealkylation sites (tertiary alicyclic amines) is 1. The van der Waals surface area contributed by atoms with Crippen LogP contribution < -0.4 is 5.32 Å². The van der Waals surface area contributed by atoms with Crippen molar-refractivity contribution in [1.29, 1.82) is 0 Å². The Morgan fingerprint density at radius 2 is 2.15 bits per heavy atom. The lowest BCUT2D eigenvalue weighted by atomic mass is 9.91. The molecule has 4 rings (SSSR count). The third-order valence-electron chi connectivity index (χ3n) is 6.22. The summed E-state index contributed by atoms with van der Waals surface area (Å²) in [6, 6.07) is 0. The van der Waals surface area contributed by atoms with E-state index in [1.165, 1.54) is 12.8 Å². The molecule has 1 aromatic heterocycles. The number of aryl methyl sites for hydroxylation is 1. The highest BCUT2D eigenvalue weighted by molar-refractivity contribution is 5.80. The summed E-state index contributed by atoms with van der Waals surface area (Å²) >= 11 is 0. The van der Waals surface area contributed by atoms with E-state index in [4.69, 9.17) is 14.5 Å². The third-order valence-corrected chi connectivity index (χ3v) is 6.22. The molecule has 3 unspecified atom stereocenters. The summed E-state index contributed by atoms with van der Waals surface area (Å²) < 4.78 is 13.4. The summed E-state index contributed by atoms with van der Waals surface area (Å²) in [5.74, 6) is 4.20. The van der Waals surface area contributed by atoms with Crippen molar-refractivity contribution in [2.75, 3.05) is 39.5 Å². The lowest BCUT2D eigenvalue weighted by molar-refractivity contribution is 0.113. The van der Waals surface area contributed by atoms with E-state index in [1.807, 2.05) is 18.5 Å². The summed E-state index contributed by atoms with van der Waals surface area (Å²) in [7, 11) is 1.99. The van der Waals surface area contributed by atoms with E-state index in [2.05, 4.69) is 20.4 Å². The maximum Gasteiger partial charge on any atom is 0.194 e. The molecule has 1 aromatic rings. The van der Waals surface area contributed by atoms with Crippen molar-refractivity contribution in [2.24, 2.45) is 23.9 Å². The highest BCUT2D eigenvalue weighted by Gasteiger charge is 2.33. The Morgan fingerprint density at radius 1 is 1.22 bits per heavy atom. The minimum absolute atomic E-state index is 0.300. The number of ether oxygens (including phenoxy) is 2. The van der Waals surface area contributed by atoms with Crippen LogP contribution in [0.4, 0.5) is 0 Å². The highest BCUT2D eigenvalue weighted by Crippen LogP contribution is 2.30. The van der Waals surface area contributed by atoms with E-state index in [1.54, 1.807) is 0 Å². The molecule has 0 aliphatic carbocycles. The predicted molar refractivity (Wildman–Crippen MR) is 102 cm³/mol. The van der Waals surface area contributed by atoms with Crippen molar-refractivity contribution in [3.05, 3.63) is 11.6 Å². The average molecular weight is 377 g/mol. The van der Waals surface area contributed by atoms with Crippen molar-refractivity contribution < 1.29 is 9.47 Å². The van der Waals surface area contributed by atoms with Gasteiger partial charge >= 0.3 is 0 Å². The molecule has 0 bridgehead atoms. The molecule has 150 valence electrons. The molecule has 1 N–H and O–H groups in total. The maximum atomic E-state index is 5.77. The fourth-order valence-electron chi connectivity index (χ4n) is 4.30. The van der Waals surface area contributed by atoms with Gasteiger partial charge in [-0.25, -0.2) is 4.99 Å². The molecule has 0 radical (unpaired) electrons. The van der Waals surface area contributed by atoms with Crippen LogP contribution in [0.2, 0.25) is 0 Å². The zero-order chi connectivity index (χ0) is 18.6. The number of aliphatic imine (C=N–C) groups is 1. The largest absolute Gasteiger partial charge is 0.381 e. The van der Waals surface area contributed by atoms with Gasteiger partial charge in [0.1, 0.15) is 12.4 Å². The van der Waals surface area contributed by atoms with Crippen molar-refractivity contribution in [1.82, 2.24) is 25.0 Å². The van der Waals surface area contributed by atoms with Crippen molar-refractivity contribution in [3.8, 4) is 0 Å². The standard InChI is InChI=1S/C19H32N6O2/c1-14-22-23-18(24(14)2)11-21-19(20-10-17-4-3-8-27-17)25-7-5-15(12-25)16-6-9-26-13-16/h15-17H,3-13H2,1-2H3,(H,20,21). The van der Waals surface area contributed by atoms with Gasteiger partial charge in [-0.1, -0.05) is 0 Å².